The number of hydrogen-bond acceptors (Lipinski definition) is 2. The summed E-state index contributed by atoms with van der Waals surface area (Å²) >= 11 is 4.32. The third-order valence-corrected chi connectivity index (χ3v) is 4.76. The first-order chi connectivity index (χ1) is 9.99. The van der Waals surface area contributed by atoms with Crippen molar-refractivity contribution < 1.29 is 22.3 Å². The molecule has 1 fully saturated rings. The molecule has 1 nitrogen and oxygen atoms in total. The van der Waals surface area contributed by atoms with Crippen molar-refractivity contribution in [3.63, 3.8) is 0 Å². The minimum Gasteiger partial charge on any atom is -0.487 e. The molecule has 21 heavy (non-hydrogen) atoms. The van der Waals surface area contributed by atoms with Crippen LogP contribution in [0.2, 0.25) is 0 Å². The Morgan fingerprint density at radius 3 is 1.95 bits per heavy atom. The second-order valence-electron chi connectivity index (χ2n) is 5.66. The molecule has 6 heteroatoms. The fourth-order valence-electron chi connectivity index (χ4n) is 2.73. The normalized spacial score (nSPS) is 18.3. The summed E-state index contributed by atoms with van der Waals surface area (Å²) in [4.78, 5) is 0. The number of hydrogen-bond donors (Lipinski definition) is 1. The van der Waals surface area contributed by atoms with Crippen molar-refractivity contribution in [1.82, 2.24) is 0 Å². The zero-order chi connectivity index (χ0) is 15.5. The Hall–Kier alpha value is -0.910. The van der Waals surface area contributed by atoms with E-state index in [0.717, 1.165) is 38.5 Å². The van der Waals surface area contributed by atoms with E-state index in [9.17, 15) is 17.6 Å². The third-order valence-electron chi connectivity index (χ3n) is 4.09. The Morgan fingerprint density at radius 1 is 0.952 bits per heavy atom. The largest absolute Gasteiger partial charge is 0.487 e. The van der Waals surface area contributed by atoms with Crippen molar-refractivity contribution >= 4 is 12.6 Å². The molecule has 1 aromatic carbocycles. The van der Waals surface area contributed by atoms with Gasteiger partial charge in [0, 0.05) is 11.5 Å². The molecular weight excluding hydrogens is 304 g/mol. The molecule has 0 unspecified atom stereocenters. The summed E-state index contributed by atoms with van der Waals surface area (Å²) in [5, 5.41) is 0. The summed E-state index contributed by atoms with van der Waals surface area (Å²) in [5.74, 6) is -6.35. The van der Waals surface area contributed by atoms with Crippen LogP contribution in [0.3, 0.4) is 0 Å². The molecule has 0 spiro atoms. The Labute approximate surface area is 127 Å². The van der Waals surface area contributed by atoms with Crippen LogP contribution >= 0.6 is 12.6 Å². The summed E-state index contributed by atoms with van der Waals surface area (Å²) in [6.07, 6.45) is 5.85. The first-order valence-corrected chi connectivity index (χ1v) is 7.69. The van der Waals surface area contributed by atoms with E-state index >= 15 is 0 Å². The molecule has 0 amide bonds. The maximum atomic E-state index is 13.6. The molecule has 1 aliphatic carbocycles. The number of ether oxygens (including phenoxy) is 1. The van der Waals surface area contributed by atoms with E-state index in [0.29, 0.717) is 5.75 Å². The van der Waals surface area contributed by atoms with E-state index in [1.54, 1.807) is 0 Å². The molecule has 1 aliphatic rings. The van der Waals surface area contributed by atoms with Crippen LogP contribution in [-0.2, 0) is 0 Å². The summed E-state index contributed by atoms with van der Waals surface area (Å²) in [6, 6.07) is 0.178. The Morgan fingerprint density at radius 2 is 1.48 bits per heavy atom. The highest BCUT2D eigenvalue weighted by Crippen LogP contribution is 2.37. The molecule has 0 aliphatic heterocycles. The van der Waals surface area contributed by atoms with Gasteiger partial charge < -0.3 is 4.74 Å². The monoisotopic (exact) mass is 322 g/mol. The van der Waals surface area contributed by atoms with Gasteiger partial charge in [-0.3, -0.25) is 0 Å². The molecule has 0 radical (unpaired) electrons. The lowest BCUT2D eigenvalue weighted by molar-refractivity contribution is 0.137. The number of halogens is 4. The summed E-state index contributed by atoms with van der Waals surface area (Å²) in [7, 11) is 0. The molecule has 118 valence electrons. The molecule has 0 aromatic heterocycles. The fraction of sp³-hybridized carbons (Fsp3) is 0.600. The van der Waals surface area contributed by atoms with Crippen LogP contribution in [0.15, 0.2) is 6.07 Å². The zero-order valence-corrected chi connectivity index (χ0v) is 12.5. The molecule has 0 heterocycles. The van der Waals surface area contributed by atoms with Crippen molar-refractivity contribution in [2.75, 3.05) is 12.4 Å². The van der Waals surface area contributed by atoms with Gasteiger partial charge in [0.05, 0.1) is 6.61 Å². The van der Waals surface area contributed by atoms with Gasteiger partial charge in [-0.2, -0.15) is 21.4 Å². The van der Waals surface area contributed by atoms with E-state index < -0.39 is 29.0 Å². The maximum absolute atomic E-state index is 13.6. The molecule has 0 bridgehead atoms. The van der Waals surface area contributed by atoms with Crippen molar-refractivity contribution in [3.05, 3.63) is 29.3 Å². The lowest BCUT2D eigenvalue weighted by atomic mass is 9.83. The lowest BCUT2D eigenvalue weighted by Gasteiger charge is -2.31. The average molecular weight is 322 g/mol. The molecule has 1 aromatic rings. The van der Waals surface area contributed by atoms with E-state index in [1.165, 1.54) is 0 Å². The third kappa shape index (κ3) is 3.65. The van der Waals surface area contributed by atoms with Gasteiger partial charge in [-0.25, -0.2) is 8.78 Å². The van der Waals surface area contributed by atoms with Crippen LogP contribution in [0, 0.1) is 28.7 Å². The first kappa shape index (κ1) is 16.5. The average Bonchev–Trinajstić information content (AvgIpc) is 2.71. The van der Waals surface area contributed by atoms with Gasteiger partial charge in [-0.15, -0.1) is 0 Å². The molecule has 2 rings (SSSR count). The number of benzene rings is 1. The van der Waals surface area contributed by atoms with Crippen LogP contribution in [-0.4, -0.2) is 12.4 Å². The van der Waals surface area contributed by atoms with Crippen molar-refractivity contribution in [3.8, 4) is 5.75 Å². The van der Waals surface area contributed by atoms with Gasteiger partial charge in [0.25, 0.3) is 0 Å². The number of rotatable bonds is 4. The van der Waals surface area contributed by atoms with Crippen LogP contribution in [0.4, 0.5) is 17.6 Å². The SMILES string of the molecule is Fc1cc(F)c(F)c(OCC2(CS)CCCCCC2)c1F. The molecule has 0 saturated heterocycles. The standard InChI is InChI=1S/C15H18F4OS/c16-10-7-11(17)13(19)14(12(10)18)20-8-15(9-21)5-3-1-2-4-6-15/h7,21H,1-6,8-9H2. The molecule has 1 saturated carbocycles. The van der Waals surface area contributed by atoms with Crippen molar-refractivity contribution in [1.29, 1.82) is 0 Å². The Balaban J connectivity index is 2.18. The predicted octanol–water partition coefficient (Wildman–Crippen LogP) is 4.89. The molecular formula is C15H18F4OS. The quantitative estimate of drug-likeness (QED) is 0.359. The summed E-state index contributed by atoms with van der Waals surface area (Å²) in [6.45, 7) is 0.00718. The van der Waals surface area contributed by atoms with Gasteiger partial charge in [0.1, 0.15) is 0 Å². The van der Waals surface area contributed by atoms with Crippen molar-refractivity contribution in [2.24, 2.45) is 5.41 Å². The van der Waals surface area contributed by atoms with Crippen LogP contribution < -0.4 is 4.74 Å². The van der Waals surface area contributed by atoms with Gasteiger partial charge in [-0.1, -0.05) is 25.7 Å². The maximum Gasteiger partial charge on any atom is 0.203 e. The van der Waals surface area contributed by atoms with Gasteiger partial charge in [-0.05, 0) is 18.6 Å². The zero-order valence-electron chi connectivity index (χ0n) is 11.6. The van der Waals surface area contributed by atoms with Crippen LogP contribution in [0.5, 0.6) is 5.75 Å². The highest BCUT2D eigenvalue weighted by Gasteiger charge is 2.32. The topological polar surface area (TPSA) is 9.23 Å². The minimum absolute atomic E-state index is 0.00718. The molecule has 0 atom stereocenters. The first-order valence-electron chi connectivity index (χ1n) is 7.06. The van der Waals surface area contributed by atoms with Gasteiger partial charge in [0.15, 0.2) is 17.4 Å². The van der Waals surface area contributed by atoms with Gasteiger partial charge >= 0.3 is 0 Å². The van der Waals surface area contributed by atoms with Crippen LogP contribution in [0.1, 0.15) is 38.5 Å². The predicted molar refractivity (Wildman–Crippen MR) is 75.8 cm³/mol. The van der Waals surface area contributed by atoms with E-state index in [4.69, 9.17) is 4.74 Å². The minimum atomic E-state index is -1.49. The van der Waals surface area contributed by atoms with Crippen molar-refractivity contribution in [2.45, 2.75) is 38.5 Å². The van der Waals surface area contributed by atoms with E-state index in [2.05, 4.69) is 12.6 Å². The number of thiol groups is 1. The molecule has 0 N–H and O–H groups in total. The highest BCUT2D eigenvalue weighted by atomic mass is 32.1. The smallest absolute Gasteiger partial charge is 0.203 e. The summed E-state index contributed by atoms with van der Waals surface area (Å²) in [5.41, 5.74) is -0.304. The lowest BCUT2D eigenvalue weighted by Crippen LogP contribution is -2.30. The summed E-state index contributed by atoms with van der Waals surface area (Å²) < 4.78 is 58.6. The Kier molecular flexibility index (Phi) is 5.41. The van der Waals surface area contributed by atoms with E-state index in [1.807, 2.05) is 0 Å². The highest BCUT2D eigenvalue weighted by molar-refractivity contribution is 7.80. The van der Waals surface area contributed by atoms with E-state index in [-0.39, 0.29) is 18.1 Å². The Bertz CT molecular complexity index is 473. The van der Waals surface area contributed by atoms with Gasteiger partial charge in [0.2, 0.25) is 11.6 Å². The van der Waals surface area contributed by atoms with Crippen LogP contribution in [0.25, 0.3) is 0 Å². The second kappa shape index (κ2) is 6.90. The fourth-order valence-corrected chi connectivity index (χ4v) is 3.14. The second-order valence-corrected chi connectivity index (χ2v) is 5.97.